The summed E-state index contributed by atoms with van der Waals surface area (Å²) in [5, 5.41) is 22.3. The fraction of sp³-hybridized carbons (Fsp3) is 0.794. The first-order valence-corrected chi connectivity index (χ1v) is 16.2. The van der Waals surface area contributed by atoms with Gasteiger partial charge in [0, 0.05) is 6.42 Å². The summed E-state index contributed by atoms with van der Waals surface area (Å²) >= 11 is 0. The van der Waals surface area contributed by atoms with Gasteiger partial charge >= 0.3 is 0 Å². The van der Waals surface area contributed by atoms with Crippen LogP contribution in [0.4, 0.5) is 0 Å². The fourth-order valence-corrected chi connectivity index (χ4v) is 4.57. The largest absolute Gasteiger partial charge is 0.394 e. The van der Waals surface area contributed by atoms with Crippen LogP contribution in [0.2, 0.25) is 0 Å². The highest BCUT2D eigenvalue weighted by Gasteiger charge is 2.17. The summed E-state index contributed by atoms with van der Waals surface area (Å²) in [6.07, 6.45) is 38.6. The average Bonchev–Trinajstić information content (AvgIpc) is 2.92. The summed E-state index contributed by atoms with van der Waals surface area (Å²) in [5.41, 5.74) is 0. The zero-order valence-corrected chi connectivity index (χ0v) is 25.2. The Morgan fingerprint density at radius 1 is 0.632 bits per heavy atom. The molecule has 4 heteroatoms. The number of unbranched alkanes of at least 4 members (excludes halogenated alkanes) is 17. The van der Waals surface area contributed by atoms with Gasteiger partial charge in [0.05, 0.1) is 18.8 Å². The minimum atomic E-state index is -0.834. The van der Waals surface area contributed by atoms with Crippen LogP contribution in [0.25, 0.3) is 0 Å². The Hall–Kier alpha value is -1.39. The van der Waals surface area contributed by atoms with Gasteiger partial charge in [-0.2, -0.15) is 0 Å². The second-order valence-electron chi connectivity index (χ2n) is 10.9. The van der Waals surface area contributed by atoms with Crippen molar-refractivity contribution >= 4 is 5.91 Å². The van der Waals surface area contributed by atoms with E-state index in [1.165, 1.54) is 103 Å². The smallest absolute Gasteiger partial charge is 0.220 e. The fourth-order valence-electron chi connectivity index (χ4n) is 4.57. The molecule has 0 aliphatic heterocycles. The SMILES string of the molecule is CCC/C=C/C(O)C(CO)NC(=O)CCCCCCCCCCCCC/C=C\C/C=C\CCCCCCC. The molecule has 1 amide bonds. The first kappa shape index (κ1) is 36.6. The first-order valence-electron chi connectivity index (χ1n) is 16.2. The first-order chi connectivity index (χ1) is 18.7. The maximum Gasteiger partial charge on any atom is 0.220 e. The molecule has 0 heterocycles. The molecule has 0 fully saturated rings. The number of aliphatic hydroxyl groups excluding tert-OH is 2. The van der Waals surface area contributed by atoms with Crippen molar-refractivity contribution in [2.24, 2.45) is 0 Å². The van der Waals surface area contributed by atoms with Gasteiger partial charge in [-0.3, -0.25) is 4.79 Å². The molecule has 2 unspecified atom stereocenters. The molecule has 0 saturated heterocycles. The van der Waals surface area contributed by atoms with Gasteiger partial charge in [0.15, 0.2) is 0 Å². The van der Waals surface area contributed by atoms with Crippen molar-refractivity contribution in [1.29, 1.82) is 0 Å². The molecular weight excluding hydrogens is 470 g/mol. The van der Waals surface area contributed by atoms with E-state index in [-0.39, 0.29) is 12.5 Å². The van der Waals surface area contributed by atoms with Gasteiger partial charge in [0.2, 0.25) is 5.91 Å². The van der Waals surface area contributed by atoms with Crippen LogP contribution >= 0.6 is 0 Å². The number of nitrogens with one attached hydrogen (secondary N) is 1. The van der Waals surface area contributed by atoms with E-state index < -0.39 is 12.1 Å². The highest BCUT2D eigenvalue weighted by molar-refractivity contribution is 5.76. The second-order valence-corrected chi connectivity index (χ2v) is 10.9. The van der Waals surface area contributed by atoms with E-state index in [0.717, 1.165) is 32.1 Å². The molecule has 0 spiro atoms. The van der Waals surface area contributed by atoms with Crippen molar-refractivity contribution in [2.75, 3.05) is 6.61 Å². The van der Waals surface area contributed by atoms with Crippen molar-refractivity contribution in [3.8, 4) is 0 Å². The zero-order valence-electron chi connectivity index (χ0n) is 25.2. The lowest BCUT2D eigenvalue weighted by atomic mass is 10.0. The van der Waals surface area contributed by atoms with Crippen LogP contribution in [0.3, 0.4) is 0 Å². The lowest BCUT2D eigenvalue weighted by Gasteiger charge is -2.19. The zero-order chi connectivity index (χ0) is 27.9. The lowest BCUT2D eigenvalue weighted by Crippen LogP contribution is -2.45. The normalized spacial score (nSPS) is 13.7. The third kappa shape index (κ3) is 26.2. The number of allylic oxidation sites excluding steroid dienone is 5. The number of hydrogen-bond donors (Lipinski definition) is 3. The van der Waals surface area contributed by atoms with E-state index in [0.29, 0.717) is 6.42 Å². The molecule has 0 aromatic rings. The summed E-state index contributed by atoms with van der Waals surface area (Å²) in [7, 11) is 0. The molecule has 4 nitrogen and oxygen atoms in total. The summed E-state index contributed by atoms with van der Waals surface area (Å²) in [4.78, 5) is 12.1. The Bertz CT molecular complexity index is 584. The second kappa shape index (κ2) is 30.2. The maximum atomic E-state index is 12.1. The van der Waals surface area contributed by atoms with Gasteiger partial charge < -0.3 is 15.5 Å². The lowest BCUT2D eigenvalue weighted by molar-refractivity contribution is -0.123. The molecule has 0 aliphatic rings. The number of rotatable bonds is 28. The van der Waals surface area contributed by atoms with E-state index in [4.69, 9.17) is 0 Å². The van der Waals surface area contributed by atoms with Crippen LogP contribution in [-0.2, 0) is 4.79 Å². The summed E-state index contributed by atoms with van der Waals surface area (Å²) < 4.78 is 0. The van der Waals surface area contributed by atoms with Gasteiger partial charge in [0.1, 0.15) is 0 Å². The molecule has 38 heavy (non-hydrogen) atoms. The van der Waals surface area contributed by atoms with Crippen LogP contribution in [0.1, 0.15) is 155 Å². The van der Waals surface area contributed by atoms with Crippen LogP contribution in [0.15, 0.2) is 36.5 Å². The topological polar surface area (TPSA) is 69.6 Å². The summed E-state index contributed by atoms with van der Waals surface area (Å²) in [6, 6.07) is -0.617. The van der Waals surface area contributed by atoms with Crippen LogP contribution in [0, 0.1) is 0 Å². The number of carbonyl (C=O) groups is 1. The van der Waals surface area contributed by atoms with Crippen molar-refractivity contribution in [3.63, 3.8) is 0 Å². The highest BCUT2D eigenvalue weighted by Crippen LogP contribution is 2.13. The predicted octanol–water partition coefficient (Wildman–Crippen LogP) is 9.12. The van der Waals surface area contributed by atoms with Crippen LogP contribution in [0.5, 0.6) is 0 Å². The van der Waals surface area contributed by atoms with E-state index in [1.807, 2.05) is 6.08 Å². The molecule has 0 aromatic heterocycles. The van der Waals surface area contributed by atoms with Gasteiger partial charge in [0.25, 0.3) is 0 Å². The number of hydrogen-bond acceptors (Lipinski definition) is 3. The quantitative estimate of drug-likeness (QED) is 0.0693. The molecule has 2 atom stereocenters. The molecule has 0 aliphatic carbocycles. The van der Waals surface area contributed by atoms with Crippen molar-refractivity contribution in [1.82, 2.24) is 5.32 Å². The van der Waals surface area contributed by atoms with Gasteiger partial charge in [-0.25, -0.2) is 0 Å². The molecule has 3 N–H and O–H groups in total. The Kier molecular flexibility index (Phi) is 29.1. The van der Waals surface area contributed by atoms with Gasteiger partial charge in [-0.05, 0) is 44.9 Å². The summed E-state index contributed by atoms with van der Waals surface area (Å²) in [5.74, 6) is -0.0807. The van der Waals surface area contributed by atoms with E-state index in [9.17, 15) is 15.0 Å². The van der Waals surface area contributed by atoms with E-state index in [2.05, 4.69) is 43.5 Å². The predicted molar refractivity (Wildman–Crippen MR) is 165 cm³/mol. The van der Waals surface area contributed by atoms with Crippen molar-refractivity contribution < 1.29 is 15.0 Å². The maximum absolute atomic E-state index is 12.1. The molecule has 0 radical (unpaired) electrons. The molecular formula is C34H63NO3. The Balaban J connectivity index is 3.44. The molecule has 0 bridgehead atoms. The molecule has 222 valence electrons. The van der Waals surface area contributed by atoms with E-state index >= 15 is 0 Å². The standard InChI is InChI=1S/C34H63NO3/c1-3-5-7-8-9-10-11-12-13-14-15-16-17-18-19-20-21-22-23-24-25-26-28-30-34(38)35-32(31-36)33(37)29-27-6-4-2/h11-12,14-15,27,29,32-33,36-37H,3-10,13,16-26,28,30-31H2,1-2H3,(H,35,38)/b12-11-,15-14-,29-27+. The molecule has 0 aromatic carbocycles. The van der Waals surface area contributed by atoms with Crippen molar-refractivity contribution in [3.05, 3.63) is 36.5 Å². The Morgan fingerprint density at radius 2 is 1.13 bits per heavy atom. The average molecular weight is 534 g/mol. The van der Waals surface area contributed by atoms with E-state index in [1.54, 1.807) is 6.08 Å². The number of aliphatic hydroxyl groups is 2. The third-order valence-electron chi connectivity index (χ3n) is 7.10. The number of carbonyl (C=O) groups excluding carboxylic acids is 1. The minimum absolute atomic E-state index is 0.0807. The monoisotopic (exact) mass is 533 g/mol. The Morgan fingerprint density at radius 3 is 1.63 bits per heavy atom. The van der Waals surface area contributed by atoms with Crippen molar-refractivity contribution in [2.45, 2.75) is 167 Å². The Labute approximate surface area is 236 Å². The van der Waals surface area contributed by atoms with Crippen LogP contribution in [-0.4, -0.2) is 34.9 Å². The molecule has 0 saturated carbocycles. The minimum Gasteiger partial charge on any atom is -0.394 e. The third-order valence-corrected chi connectivity index (χ3v) is 7.10. The van der Waals surface area contributed by atoms with Crippen LogP contribution < -0.4 is 5.32 Å². The van der Waals surface area contributed by atoms with Gasteiger partial charge in [-0.15, -0.1) is 0 Å². The molecule has 0 rings (SSSR count). The van der Waals surface area contributed by atoms with Gasteiger partial charge in [-0.1, -0.05) is 140 Å². The summed E-state index contributed by atoms with van der Waals surface area (Å²) in [6.45, 7) is 4.09. The highest BCUT2D eigenvalue weighted by atomic mass is 16.3. The number of amides is 1.